The number of aromatic nitrogens is 2. The van der Waals surface area contributed by atoms with Crippen molar-refractivity contribution >= 4 is 22.6 Å². The number of hydrogen-bond donors (Lipinski definition) is 2. The summed E-state index contributed by atoms with van der Waals surface area (Å²) < 4.78 is 10.7. The highest BCUT2D eigenvalue weighted by molar-refractivity contribution is 5.90. The predicted octanol–water partition coefficient (Wildman–Crippen LogP) is 2.25. The number of amides is 1. The van der Waals surface area contributed by atoms with E-state index in [-0.39, 0.29) is 12.5 Å². The monoisotopic (exact) mass is 352 g/mol. The van der Waals surface area contributed by atoms with Crippen molar-refractivity contribution in [2.45, 2.75) is 0 Å². The number of para-hydroxylation sites is 1. The lowest BCUT2D eigenvalue weighted by Gasteiger charge is -2.10. The van der Waals surface area contributed by atoms with Crippen LogP contribution in [0.5, 0.6) is 11.5 Å². The Hall–Kier alpha value is -3.35. The van der Waals surface area contributed by atoms with Crippen LogP contribution in [0.4, 0.5) is 5.82 Å². The van der Waals surface area contributed by atoms with Gasteiger partial charge in [-0.1, -0.05) is 12.1 Å². The summed E-state index contributed by atoms with van der Waals surface area (Å²) in [6.07, 6.45) is 1.48. The molecule has 0 unspecified atom stereocenters. The molecule has 26 heavy (non-hydrogen) atoms. The summed E-state index contributed by atoms with van der Waals surface area (Å²) in [4.78, 5) is 20.3. The average Bonchev–Trinajstić information content (AvgIpc) is 2.70. The molecule has 1 amide bonds. The number of nitrogens with zero attached hydrogens (tertiary/aromatic N) is 2. The van der Waals surface area contributed by atoms with Crippen LogP contribution in [-0.2, 0) is 4.79 Å². The molecule has 2 N–H and O–H groups in total. The number of anilines is 1. The number of methoxy groups -OCH3 is 1. The third-order valence-electron chi connectivity index (χ3n) is 3.71. The third kappa shape index (κ3) is 4.60. The fraction of sp³-hybridized carbons (Fsp3) is 0.211. The number of carbonyl (C=O) groups excluding carboxylic acids is 1. The first kappa shape index (κ1) is 17.5. The number of benzene rings is 2. The Labute approximate surface area is 151 Å². The van der Waals surface area contributed by atoms with Crippen molar-refractivity contribution in [3.63, 3.8) is 0 Å². The molecular formula is C19H20N4O3. The van der Waals surface area contributed by atoms with Crippen molar-refractivity contribution in [3.8, 4) is 11.5 Å². The number of fused-ring (bicyclic) bond motifs is 1. The minimum absolute atomic E-state index is 0.129. The van der Waals surface area contributed by atoms with Gasteiger partial charge in [0.25, 0.3) is 0 Å². The first-order valence-corrected chi connectivity index (χ1v) is 8.23. The molecule has 1 heterocycles. The topological polar surface area (TPSA) is 85.4 Å². The SMILES string of the molecule is COc1ccc(OCCNC(=O)CNc2ncnc3ccccc23)cc1. The highest BCUT2D eigenvalue weighted by Gasteiger charge is 2.05. The maximum absolute atomic E-state index is 12.0. The number of carbonyl (C=O) groups is 1. The molecule has 0 saturated heterocycles. The smallest absolute Gasteiger partial charge is 0.239 e. The molecule has 2 aromatic carbocycles. The summed E-state index contributed by atoms with van der Waals surface area (Å²) >= 11 is 0. The second kappa shape index (κ2) is 8.66. The van der Waals surface area contributed by atoms with Crippen LogP contribution in [0.3, 0.4) is 0 Å². The lowest BCUT2D eigenvalue weighted by atomic mass is 10.2. The summed E-state index contributed by atoms with van der Waals surface area (Å²) in [6, 6.07) is 14.9. The van der Waals surface area contributed by atoms with Gasteiger partial charge in [-0.3, -0.25) is 4.79 Å². The molecule has 3 aromatic rings. The van der Waals surface area contributed by atoms with E-state index in [2.05, 4.69) is 20.6 Å². The first-order chi connectivity index (χ1) is 12.8. The van der Waals surface area contributed by atoms with Gasteiger partial charge in [-0.15, -0.1) is 0 Å². The lowest BCUT2D eigenvalue weighted by molar-refractivity contribution is -0.119. The summed E-state index contributed by atoms with van der Waals surface area (Å²) in [5, 5.41) is 6.72. The normalized spacial score (nSPS) is 10.3. The molecule has 7 heteroatoms. The van der Waals surface area contributed by atoms with Crippen LogP contribution in [0.2, 0.25) is 0 Å². The molecule has 0 atom stereocenters. The highest BCUT2D eigenvalue weighted by Crippen LogP contribution is 2.18. The van der Waals surface area contributed by atoms with E-state index in [9.17, 15) is 4.79 Å². The summed E-state index contributed by atoms with van der Waals surface area (Å²) in [7, 11) is 1.61. The van der Waals surface area contributed by atoms with E-state index in [4.69, 9.17) is 9.47 Å². The van der Waals surface area contributed by atoms with Crippen molar-refractivity contribution in [1.29, 1.82) is 0 Å². The van der Waals surface area contributed by atoms with Crippen molar-refractivity contribution in [2.24, 2.45) is 0 Å². The van der Waals surface area contributed by atoms with Gasteiger partial charge in [-0.25, -0.2) is 9.97 Å². The average molecular weight is 352 g/mol. The molecule has 3 rings (SSSR count). The Morgan fingerprint density at radius 2 is 1.81 bits per heavy atom. The number of ether oxygens (including phenoxy) is 2. The minimum atomic E-state index is -0.133. The van der Waals surface area contributed by atoms with Crippen LogP contribution in [0.1, 0.15) is 0 Å². The highest BCUT2D eigenvalue weighted by atomic mass is 16.5. The van der Waals surface area contributed by atoms with Gasteiger partial charge in [0, 0.05) is 5.39 Å². The second-order valence-corrected chi connectivity index (χ2v) is 5.47. The second-order valence-electron chi connectivity index (χ2n) is 5.47. The van der Waals surface area contributed by atoms with Crippen molar-refractivity contribution in [3.05, 3.63) is 54.9 Å². The molecule has 0 fully saturated rings. The Morgan fingerprint density at radius 3 is 2.62 bits per heavy atom. The first-order valence-electron chi connectivity index (χ1n) is 8.23. The van der Waals surface area contributed by atoms with Gasteiger partial charge in [0.05, 0.1) is 25.7 Å². The van der Waals surface area contributed by atoms with Gasteiger partial charge in [0.15, 0.2) is 0 Å². The number of hydrogen-bond acceptors (Lipinski definition) is 6. The van der Waals surface area contributed by atoms with Crippen LogP contribution in [0, 0.1) is 0 Å². The van der Waals surface area contributed by atoms with Gasteiger partial charge in [-0.2, -0.15) is 0 Å². The van der Waals surface area contributed by atoms with Crippen LogP contribution >= 0.6 is 0 Å². The van der Waals surface area contributed by atoms with Crippen molar-refractivity contribution in [2.75, 3.05) is 32.1 Å². The number of rotatable bonds is 8. The molecule has 134 valence electrons. The van der Waals surface area contributed by atoms with E-state index < -0.39 is 0 Å². The number of nitrogens with one attached hydrogen (secondary N) is 2. The zero-order valence-electron chi connectivity index (χ0n) is 14.4. The van der Waals surface area contributed by atoms with Gasteiger partial charge in [0.2, 0.25) is 5.91 Å². The van der Waals surface area contributed by atoms with Crippen LogP contribution in [0.25, 0.3) is 10.9 Å². The van der Waals surface area contributed by atoms with E-state index in [0.29, 0.717) is 19.0 Å². The zero-order chi connectivity index (χ0) is 18.2. The van der Waals surface area contributed by atoms with Crippen LogP contribution < -0.4 is 20.1 Å². The molecule has 7 nitrogen and oxygen atoms in total. The quantitative estimate of drug-likeness (QED) is 0.605. The Morgan fingerprint density at radius 1 is 1.04 bits per heavy atom. The van der Waals surface area contributed by atoms with E-state index in [1.807, 2.05) is 48.5 Å². The maximum Gasteiger partial charge on any atom is 0.239 e. The van der Waals surface area contributed by atoms with Gasteiger partial charge in [-0.05, 0) is 36.4 Å². The predicted molar refractivity (Wildman–Crippen MR) is 99.5 cm³/mol. The Kier molecular flexibility index (Phi) is 5.82. The molecule has 0 aliphatic heterocycles. The van der Waals surface area contributed by atoms with Crippen molar-refractivity contribution in [1.82, 2.24) is 15.3 Å². The molecule has 0 aliphatic rings. The fourth-order valence-electron chi connectivity index (χ4n) is 2.40. The van der Waals surface area contributed by atoms with E-state index in [1.54, 1.807) is 7.11 Å². The molecule has 1 aromatic heterocycles. The van der Waals surface area contributed by atoms with Gasteiger partial charge < -0.3 is 20.1 Å². The third-order valence-corrected chi connectivity index (χ3v) is 3.71. The summed E-state index contributed by atoms with van der Waals surface area (Å²) in [5.74, 6) is 2.01. The van der Waals surface area contributed by atoms with Gasteiger partial charge in [0.1, 0.15) is 30.3 Å². The minimum Gasteiger partial charge on any atom is -0.497 e. The molecule has 0 aliphatic carbocycles. The lowest BCUT2D eigenvalue weighted by Crippen LogP contribution is -2.33. The molecule has 0 bridgehead atoms. The summed E-state index contributed by atoms with van der Waals surface area (Å²) in [5.41, 5.74) is 0.832. The van der Waals surface area contributed by atoms with Crippen LogP contribution in [0.15, 0.2) is 54.9 Å². The molecule has 0 radical (unpaired) electrons. The van der Waals surface area contributed by atoms with Crippen LogP contribution in [-0.4, -0.2) is 42.7 Å². The zero-order valence-corrected chi connectivity index (χ0v) is 14.4. The van der Waals surface area contributed by atoms with E-state index in [1.165, 1.54) is 6.33 Å². The molecular weight excluding hydrogens is 332 g/mol. The molecule has 0 saturated carbocycles. The summed E-state index contributed by atoms with van der Waals surface area (Å²) in [6.45, 7) is 0.926. The standard InChI is InChI=1S/C19H20N4O3/c1-25-14-6-8-15(9-7-14)26-11-10-20-18(24)12-21-19-16-4-2-3-5-17(16)22-13-23-19/h2-9,13H,10-12H2,1H3,(H,20,24)(H,21,22,23). The van der Waals surface area contributed by atoms with E-state index >= 15 is 0 Å². The van der Waals surface area contributed by atoms with Gasteiger partial charge >= 0.3 is 0 Å². The fourth-order valence-corrected chi connectivity index (χ4v) is 2.40. The Balaban J connectivity index is 1.41. The van der Waals surface area contributed by atoms with Crippen molar-refractivity contribution < 1.29 is 14.3 Å². The maximum atomic E-state index is 12.0. The molecule has 0 spiro atoms. The van der Waals surface area contributed by atoms with E-state index in [0.717, 1.165) is 22.4 Å². The largest absolute Gasteiger partial charge is 0.497 e. The Bertz CT molecular complexity index is 863.